The van der Waals surface area contributed by atoms with Crippen molar-refractivity contribution in [3.63, 3.8) is 0 Å². The zero-order valence-electron chi connectivity index (χ0n) is 23.2. The summed E-state index contributed by atoms with van der Waals surface area (Å²) in [5.74, 6) is 2.76. The van der Waals surface area contributed by atoms with Gasteiger partial charge in [0.15, 0.2) is 11.5 Å². The van der Waals surface area contributed by atoms with Crippen LogP contribution in [-0.2, 0) is 4.79 Å². The molecule has 3 aromatic rings. The Hall–Kier alpha value is -4.18. The van der Waals surface area contributed by atoms with Gasteiger partial charge in [-0.05, 0) is 86.7 Å². The molecule has 0 spiro atoms. The van der Waals surface area contributed by atoms with E-state index in [2.05, 4.69) is 38.2 Å². The minimum Gasteiger partial charge on any atom is -0.494 e. The maximum Gasteiger partial charge on any atom is 0.244 e. The Morgan fingerprint density at radius 1 is 1.02 bits per heavy atom. The molecule has 2 N–H and O–H groups in total. The number of amides is 1. The van der Waals surface area contributed by atoms with Gasteiger partial charge in [0.05, 0.1) is 37.8 Å². The summed E-state index contributed by atoms with van der Waals surface area (Å²) in [5, 5.41) is 15.8. The fourth-order valence-corrected chi connectivity index (χ4v) is 5.02. The van der Waals surface area contributed by atoms with Crippen LogP contribution in [0.1, 0.15) is 51.1 Å². The average molecular weight is 545 g/mol. The van der Waals surface area contributed by atoms with Gasteiger partial charge in [0.2, 0.25) is 11.7 Å². The van der Waals surface area contributed by atoms with Crippen LogP contribution >= 0.6 is 0 Å². The van der Waals surface area contributed by atoms with Gasteiger partial charge < -0.3 is 14.2 Å². The van der Waals surface area contributed by atoms with E-state index >= 15 is 0 Å². The Kier molecular flexibility index (Phi) is 8.45. The molecule has 0 radical (unpaired) electrons. The second-order valence-corrected chi connectivity index (χ2v) is 10.5. The molecule has 10 nitrogen and oxygen atoms in total. The molecule has 210 valence electrons. The summed E-state index contributed by atoms with van der Waals surface area (Å²) in [6, 6.07) is 13.3. The molecule has 10 heteroatoms. The number of ether oxygens (including phenoxy) is 3. The lowest BCUT2D eigenvalue weighted by Gasteiger charge is -2.25. The summed E-state index contributed by atoms with van der Waals surface area (Å²) in [6.07, 6.45) is 11.8. The normalized spacial score (nSPS) is 20.0. The Morgan fingerprint density at radius 3 is 2.58 bits per heavy atom. The molecule has 0 saturated carbocycles. The molecule has 2 aliphatic rings. The van der Waals surface area contributed by atoms with Crippen LogP contribution in [0.5, 0.6) is 17.2 Å². The predicted molar refractivity (Wildman–Crippen MR) is 151 cm³/mol. The highest BCUT2D eigenvalue weighted by molar-refractivity contribution is 5.85. The predicted octanol–water partition coefficient (Wildman–Crippen LogP) is 4.80. The zero-order valence-corrected chi connectivity index (χ0v) is 23.2. The van der Waals surface area contributed by atoms with Crippen molar-refractivity contribution >= 4 is 5.91 Å². The van der Waals surface area contributed by atoms with Gasteiger partial charge in [-0.25, -0.2) is 5.43 Å². The number of nitrogens with one attached hydrogen (secondary N) is 2. The van der Waals surface area contributed by atoms with Crippen molar-refractivity contribution in [3.05, 3.63) is 72.3 Å². The fourth-order valence-electron chi connectivity index (χ4n) is 5.02. The quantitative estimate of drug-likeness (QED) is 0.331. The number of hydrazine groups is 1. The highest BCUT2D eigenvalue weighted by atomic mass is 16.5. The van der Waals surface area contributed by atoms with Crippen LogP contribution < -0.4 is 19.6 Å². The van der Waals surface area contributed by atoms with Crippen molar-refractivity contribution in [3.8, 4) is 28.6 Å². The molecule has 40 heavy (non-hydrogen) atoms. The topological polar surface area (TPSA) is 114 Å². The molecule has 1 unspecified atom stereocenters. The lowest BCUT2D eigenvalue weighted by atomic mass is 9.81. The summed E-state index contributed by atoms with van der Waals surface area (Å²) in [7, 11) is 1.63. The maximum atomic E-state index is 13.4. The molecule has 1 fully saturated rings. The van der Waals surface area contributed by atoms with Gasteiger partial charge in [-0.1, -0.05) is 30.4 Å². The SMILES string of the molecule is COc1ccc(C2NN([C@H]3C=CC=CCC3)C(=O)C2(C)C)cc1OCCCCOc1ccc(-c2nn[nH]n2)cc1. The van der Waals surface area contributed by atoms with Crippen LogP contribution in [0.2, 0.25) is 0 Å². The molecule has 0 bridgehead atoms. The van der Waals surface area contributed by atoms with Crippen molar-refractivity contribution in [2.24, 2.45) is 5.41 Å². The molecule has 2 aromatic carbocycles. The van der Waals surface area contributed by atoms with Crippen molar-refractivity contribution in [1.82, 2.24) is 31.1 Å². The number of aromatic nitrogens is 4. The summed E-state index contributed by atoms with van der Waals surface area (Å²) in [5.41, 5.74) is 4.75. The van der Waals surface area contributed by atoms with E-state index in [1.54, 1.807) is 12.1 Å². The maximum absolute atomic E-state index is 13.4. The molecular formula is C30H36N6O4. The van der Waals surface area contributed by atoms with Crippen molar-refractivity contribution < 1.29 is 19.0 Å². The number of benzene rings is 2. The smallest absolute Gasteiger partial charge is 0.244 e. The van der Waals surface area contributed by atoms with Crippen LogP contribution in [0.4, 0.5) is 0 Å². The summed E-state index contributed by atoms with van der Waals surface area (Å²) in [6.45, 7) is 5.09. The molecule has 5 rings (SSSR count). The summed E-state index contributed by atoms with van der Waals surface area (Å²) in [4.78, 5) is 13.4. The number of aromatic amines is 1. The molecule has 2 atom stereocenters. The van der Waals surface area contributed by atoms with E-state index in [1.807, 2.05) is 68.5 Å². The minimum atomic E-state index is -0.611. The third-order valence-corrected chi connectivity index (χ3v) is 7.34. The number of rotatable bonds is 11. The van der Waals surface area contributed by atoms with Gasteiger partial charge in [0, 0.05) is 5.56 Å². The molecule has 1 aliphatic heterocycles. The monoisotopic (exact) mass is 544 g/mol. The van der Waals surface area contributed by atoms with E-state index in [0.29, 0.717) is 30.5 Å². The fraction of sp³-hybridized carbons (Fsp3) is 0.400. The Balaban J connectivity index is 1.15. The van der Waals surface area contributed by atoms with Gasteiger partial charge in [0.1, 0.15) is 5.75 Å². The first-order chi connectivity index (χ1) is 19.5. The number of H-pyrrole nitrogens is 1. The van der Waals surface area contributed by atoms with Gasteiger partial charge in [-0.2, -0.15) is 5.21 Å². The van der Waals surface area contributed by atoms with Crippen LogP contribution in [0.25, 0.3) is 11.4 Å². The number of hydrogen-bond donors (Lipinski definition) is 2. The van der Waals surface area contributed by atoms with E-state index in [4.69, 9.17) is 14.2 Å². The molecule has 1 aromatic heterocycles. The van der Waals surface area contributed by atoms with E-state index in [-0.39, 0.29) is 18.0 Å². The highest BCUT2D eigenvalue weighted by Crippen LogP contribution is 2.43. The van der Waals surface area contributed by atoms with Crippen LogP contribution in [-0.4, -0.2) is 57.9 Å². The van der Waals surface area contributed by atoms with Gasteiger partial charge >= 0.3 is 0 Å². The standard InChI is InChI=1S/C30H36N6O4/c1-30(2)27(33-36(29(30)37)23-10-6-4-5-7-11-23)22-14-17-25(38-3)26(20-22)40-19-9-8-18-39-24-15-12-21(13-16-24)28-31-34-35-32-28/h4-6,10,12-17,20,23,27,33H,7-9,11,18-19H2,1-3H3,(H,31,32,34,35)/t23-,27?/m0/s1. The second kappa shape index (κ2) is 12.3. The first-order valence-corrected chi connectivity index (χ1v) is 13.7. The number of carbonyl (C=O) groups excluding carboxylic acids is 1. The number of allylic oxidation sites excluding steroid dienone is 3. The molecule has 2 heterocycles. The minimum absolute atomic E-state index is 0.0198. The van der Waals surface area contributed by atoms with Crippen LogP contribution in [0.15, 0.2) is 66.8 Å². The molecular weight excluding hydrogens is 508 g/mol. The van der Waals surface area contributed by atoms with Crippen molar-refractivity contribution in [2.45, 2.75) is 51.6 Å². The van der Waals surface area contributed by atoms with Crippen LogP contribution in [0.3, 0.4) is 0 Å². The van der Waals surface area contributed by atoms with Gasteiger partial charge in [0.25, 0.3) is 0 Å². The Labute approximate surface area is 234 Å². The third kappa shape index (κ3) is 6.02. The first-order valence-electron chi connectivity index (χ1n) is 13.7. The summed E-state index contributed by atoms with van der Waals surface area (Å²) >= 11 is 0. The molecule has 1 amide bonds. The van der Waals surface area contributed by atoms with Crippen molar-refractivity contribution in [1.29, 1.82) is 0 Å². The van der Waals surface area contributed by atoms with E-state index in [0.717, 1.165) is 42.6 Å². The number of tetrazole rings is 1. The molecule has 1 saturated heterocycles. The lowest BCUT2D eigenvalue weighted by molar-refractivity contribution is -0.137. The van der Waals surface area contributed by atoms with E-state index in [9.17, 15) is 4.79 Å². The van der Waals surface area contributed by atoms with E-state index < -0.39 is 5.41 Å². The number of methoxy groups -OCH3 is 1. The van der Waals surface area contributed by atoms with Gasteiger partial charge in [-0.15, -0.1) is 10.2 Å². The molecule has 1 aliphatic carbocycles. The number of carbonyl (C=O) groups is 1. The second-order valence-electron chi connectivity index (χ2n) is 10.5. The average Bonchev–Trinajstić information content (AvgIpc) is 3.48. The van der Waals surface area contributed by atoms with Crippen molar-refractivity contribution in [2.75, 3.05) is 20.3 Å². The summed E-state index contributed by atoms with van der Waals surface area (Å²) < 4.78 is 17.6. The van der Waals surface area contributed by atoms with Crippen LogP contribution in [0, 0.1) is 5.41 Å². The largest absolute Gasteiger partial charge is 0.494 e. The number of unbranched alkanes of at least 4 members (excludes halogenated alkanes) is 1. The zero-order chi connectivity index (χ0) is 28.0. The lowest BCUT2D eigenvalue weighted by Crippen LogP contribution is -2.43. The number of nitrogens with zero attached hydrogens (tertiary/aromatic N) is 4. The van der Waals surface area contributed by atoms with E-state index in [1.165, 1.54) is 0 Å². The van der Waals surface area contributed by atoms with Gasteiger partial charge in [-0.3, -0.25) is 9.80 Å². The Bertz CT molecular complexity index is 1340. The third-order valence-electron chi connectivity index (χ3n) is 7.34. The highest BCUT2D eigenvalue weighted by Gasteiger charge is 2.49. The Morgan fingerprint density at radius 2 is 1.82 bits per heavy atom. The first kappa shape index (κ1) is 27.4. The number of hydrogen-bond acceptors (Lipinski definition) is 8.